The van der Waals surface area contributed by atoms with E-state index in [0.29, 0.717) is 11.8 Å². The van der Waals surface area contributed by atoms with Crippen molar-refractivity contribution in [2.45, 2.75) is 55.4 Å². The van der Waals surface area contributed by atoms with Gasteiger partial charge in [0, 0.05) is 12.4 Å². The average Bonchev–Trinajstić information content (AvgIpc) is 3.16. The van der Waals surface area contributed by atoms with Crippen molar-refractivity contribution in [1.82, 2.24) is 19.9 Å². The van der Waals surface area contributed by atoms with Crippen LogP contribution in [0, 0.1) is 101 Å². The number of pyridine rings is 2. The number of nitrogens with zero attached hydrogens (tertiary/aromatic N) is 4. The quantitative estimate of drug-likeness (QED) is 0.116. The predicted molar refractivity (Wildman–Crippen MR) is 223 cm³/mol. The molecule has 12 radical (unpaired) electrons. The number of hydrogen-bond donors (Lipinski definition) is 0. The molecule has 0 spiro atoms. The van der Waals surface area contributed by atoms with Crippen molar-refractivity contribution in [2.24, 2.45) is 11.8 Å². The van der Waals surface area contributed by atoms with E-state index in [2.05, 4.69) is 148 Å². The Morgan fingerprint density at radius 1 is 0.452 bits per heavy atom. The van der Waals surface area contributed by atoms with Gasteiger partial charge in [0.2, 0.25) is 0 Å². The minimum absolute atomic E-state index is 0.653. The van der Waals surface area contributed by atoms with Crippen molar-refractivity contribution in [3.63, 3.8) is 0 Å². The number of rotatable bonds is 4. The van der Waals surface area contributed by atoms with Gasteiger partial charge in [-0.3, -0.25) is 9.97 Å². The van der Waals surface area contributed by atoms with Gasteiger partial charge in [-0.15, -0.1) is 0 Å². The third-order valence-corrected chi connectivity index (χ3v) is 7.58. The van der Waals surface area contributed by atoms with Crippen LogP contribution in [0.3, 0.4) is 0 Å². The Kier molecular flexibility index (Phi) is 23.4. The maximum atomic E-state index is 9.87. The van der Waals surface area contributed by atoms with Crippen molar-refractivity contribution in [3.8, 4) is 22.8 Å². The van der Waals surface area contributed by atoms with Crippen LogP contribution in [0.1, 0.15) is 52.7 Å². The summed E-state index contributed by atoms with van der Waals surface area (Å²) in [4.78, 5) is 18.6. The van der Waals surface area contributed by atoms with Crippen LogP contribution < -0.4 is 0 Å². The standard InChI is InChI=1S/C20H16N4.2C10H14.2ClH.2F6P.2Ru/c1-13-11-17-18(12-14(13)2)24-20(16-8-4-6-10-22-16)19(23-17)15-7-3-5-9-21-15;2*1-8(2)10-6-4-9(3)5-7-10;;;2*1-7(2,3,4,5)6;;/h3-12H,1-2H3;2*4-8H,1-3H3;2*1H;;;;/q;;;;;2*-1;2*+2/p-2. The number of aromatic nitrogens is 4. The average molecular weight is 1140 g/mol. The fourth-order valence-electron chi connectivity index (χ4n) is 4.58. The molecule has 22 heteroatoms. The summed E-state index contributed by atoms with van der Waals surface area (Å²) in [7, 11) is -12.2. The SMILES string of the molecule is C[C]1[CH][CH][C](C(C)C)[CH][CH]1.C[C]1[CH][CH][C](C(C)C)[CH][CH]1.Cc1cc2nc(-c3ccccn3)c(-c3ccccn3)nc2cc1C.F[P-](F)(F)(F)(F)F.F[P-](F)(F)(F)(F)F.[Cl][Ru+].[Cl][Ru+]. The molecule has 0 unspecified atom stereocenters. The molecule has 2 fully saturated rings. The summed E-state index contributed by atoms with van der Waals surface area (Å²) in [6, 6.07) is 15.7. The molecule has 1 aromatic carbocycles. The van der Waals surface area contributed by atoms with E-state index >= 15 is 0 Å². The van der Waals surface area contributed by atoms with Crippen molar-refractivity contribution in [2.75, 3.05) is 0 Å². The summed E-state index contributed by atoms with van der Waals surface area (Å²) >= 11 is 3.64. The molecule has 4 nitrogen and oxygen atoms in total. The molecule has 62 heavy (non-hydrogen) atoms. The monoisotopic (exact) mass is 1140 g/mol. The van der Waals surface area contributed by atoms with Gasteiger partial charge in [-0.25, -0.2) is 9.97 Å². The van der Waals surface area contributed by atoms with Gasteiger partial charge in [0.05, 0.1) is 22.4 Å². The number of fused-ring (bicyclic) bond motifs is 1. The van der Waals surface area contributed by atoms with Crippen LogP contribution in [0.5, 0.6) is 0 Å². The van der Waals surface area contributed by atoms with Gasteiger partial charge < -0.3 is 0 Å². The number of benzene rings is 1. The van der Waals surface area contributed by atoms with Crippen molar-refractivity contribution in [3.05, 3.63) is 147 Å². The van der Waals surface area contributed by atoms with E-state index in [4.69, 9.17) is 9.97 Å². The van der Waals surface area contributed by atoms with Crippen LogP contribution in [0.15, 0.2) is 60.9 Å². The second-order valence-corrected chi connectivity index (χ2v) is 17.7. The molecular formula is C40H44Cl2F12N4P2Ru2. The zero-order valence-electron chi connectivity index (χ0n) is 34.2. The molecular weight excluding hydrogens is 1100 g/mol. The third kappa shape index (κ3) is 31.6. The van der Waals surface area contributed by atoms with Crippen molar-refractivity contribution in [1.29, 1.82) is 0 Å². The van der Waals surface area contributed by atoms with E-state index in [-0.39, 0.29) is 0 Å². The van der Waals surface area contributed by atoms with Crippen molar-refractivity contribution < 1.29 is 85.0 Å². The summed E-state index contributed by atoms with van der Waals surface area (Å²) in [5, 5.41) is 0. The summed E-state index contributed by atoms with van der Waals surface area (Å²) in [6.07, 6.45) is 21.0. The minimum atomic E-state index is -10.7. The molecule has 348 valence electrons. The normalized spacial score (nSPS) is 17.4. The molecule has 6 rings (SSSR count). The molecule has 0 bridgehead atoms. The van der Waals surface area contributed by atoms with Crippen LogP contribution in [-0.4, -0.2) is 19.9 Å². The Morgan fingerprint density at radius 2 is 0.710 bits per heavy atom. The first-order chi connectivity index (χ1) is 28.0. The van der Waals surface area contributed by atoms with Crippen LogP contribution in [0.4, 0.5) is 50.4 Å². The zero-order valence-corrected chi connectivity index (χ0v) is 41.0. The molecule has 3 heterocycles. The van der Waals surface area contributed by atoms with E-state index < -0.39 is 15.6 Å². The molecule has 4 aromatic rings. The summed E-state index contributed by atoms with van der Waals surface area (Å²) in [6.45, 7) is 17.3. The van der Waals surface area contributed by atoms with E-state index in [9.17, 15) is 50.4 Å². The van der Waals surface area contributed by atoms with Gasteiger partial charge in [0.25, 0.3) is 0 Å². The Labute approximate surface area is 385 Å². The summed E-state index contributed by atoms with van der Waals surface area (Å²) < 4.78 is 118. The zero-order chi connectivity index (χ0) is 48.5. The molecule has 0 saturated heterocycles. The first-order valence-electron chi connectivity index (χ1n) is 17.7. The molecule has 3 aromatic heterocycles. The van der Waals surface area contributed by atoms with Gasteiger partial charge >= 0.3 is 120 Å². The Bertz CT molecular complexity index is 1740. The molecule has 0 amide bonds. The number of aryl methyl sites for hydroxylation is 2. The van der Waals surface area contributed by atoms with E-state index in [1.54, 1.807) is 12.4 Å². The molecule has 0 atom stereocenters. The van der Waals surface area contributed by atoms with E-state index in [0.717, 1.165) is 33.8 Å². The van der Waals surface area contributed by atoms with Gasteiger partial charge in [0.15, 0.2) is 0 Å². The number of hydrogen-bond acceptors (Lipinski definition) is 4. The number of halogens is 14. The van der Waals surface area contributed by atoms with Gasteiger partial charge in [-0.1, -0.05) is 53.7 Å². The maximum absolute atomic E-state index is 10.7. The summed E-state index contributed by atoms with van der Waals surface area (Å²) in [5.74, 6) is 6.83. The van der Waals surface area contributed by atoms with Crippen LogP contribution in [0.2, 0.25) is 0 Å². The topological polar surface area (TPSA) is 51.6 Å². The first kappa shape index (κ1) is 60.7. The second kappa shape index (κ2) is 23.9. The molecule has 0 N–H and O–H groups in total. The predicted octanol–water partition coefficient (Wildman–Crippen LogP) is 17.8. The van der Waals surface area contributed by atoms with Gasteiger partial charge in [-0.2, -0.15) is 0 Å². The molecule has 2 aliphatic rings. The Morgan fingerprint density at radius 3 is 0.919 bits per heavy atom. The molecule has 2 saturated carbocycles. The fraction of sp³-hybridized carbons (Fsp3) is 0.250. The first-order valence-corrected chi connectivity index (χ1v) is 26.2. The third-order valence-electron chi connectivity index (χ3n) is 7.58. The second-order valence-electron chi connectivity index (χ2n) is 13.8. The summed E-state index contributed by atoms with van der Waals surface area (Å²) in [5.41, 5.74) is 7.26. The molecule has 2 aliphatic carbocycles. The van der Waals surface area contributed by atoms with Crippen LogP contribution >= 0.6 is 35.0 Å². The van der Waals surface area contributed by atoms with E-state index in [1.165, 1.54) is 34.8 Å². The van der Waals surface area contributed by atoms with Gasteiger partial charge in [-0.05, 0) is 148 Å². The van der Waals surface area contributed by atoms with Gasteiger partial charge in [0.1, 0.15) is 11.4 Å². The fourth-order valence-corrected chi connectivity index (χ4v) is 4.58. The van der Waals surface area contributed by atoms with Crippen LogP contribution in [-0.2, 0) is 34.6 Å². The van der Waals surface area contributed by atoms with Crippen molar-refractivity contribution >= 4 is 46.0 Å². The molecule has 0 aliphatic heterocycles. The Balaban J connectivity index is 0.000000821. The van der Waals surface area contributed by atoms with Crippen LogP contribution in [0.25, 0.3) is 33.8 Å². The Hall–Kier alpha value is -1.29. The van der Waals surface area contributed by atoms with E-state index in [1.807, 2.05) is 71.0 Å².